The molecular formula is C18H23N3O5. The summed E-state index contributed by atoms with van der Waals surface area (Å²) >= 11 is 0. The zero-order chi connectivity index (χ0) is 19.4. The molecule has 0 saturated carbocycles. The van der Waals surface area contributed by atoms with Crippen molar-refractivity contribution in [2.75, 3.05) is 18.5 Å². The third-order valence-corrected chi connectivity index (χ3v) is 4.45. The van der Waals surface area contributed by atoms with Crippen LogP contribution in [0.1, 0.15) is 24.5 Å². The molecule has 1 fully saturated rings. The lowest BCUT2D eigenvalue weighted by Crippen LogP contribution is -2.44. The Bertz CT molecular complexity index is 746. The standard InChI is InChI=1S/C18H23N3O5/c1-10-6-5-7-14(11(10)2)21-9-13(8-15(21)22)17(24)26-12(3)16(23)20-18(25)19-4/h5-7,12-13H,8-9H2,1-4H3,(H2,19,20,23,25)/t12-,13-/m1/s1. The van der Waals surface area contributed by atoms with E-state index in [1.807, 2.05) is 37.4 Å². The predicted octanol–water partition coefficient (Wildman–Crippen LogP) is 1.04. The fourth-order valence-corrected chi connectivity index (χ4v) is 2.73. The minimum Gasteiger partial charge on any atom is -0.452 e. The number of hydrogen-bond acceptors (Lipinski definition) is 5. The molecule has 1 aromatic rings. The molecule has 140 valence electrons. The van der Waals surface area contributed by atoms with Gasteiger partial charge in [-0.1, -0.05) is 12.1 Å². The Hall–Kier alpha value is -2.90. The number of rotatable bonds is 4. The number of benzene rings is 1. The minimum atomic E-state index is -1.13. The van der Waals surface area contributed by atoms with Crippen molar-refractivity contribution in [2.45, 2.75) is 33.3 Å². The van der Waals surface area contributed by atoms with Gasteiger partial charge in [-0.05, 0) is 38.0 Å². The molecule has 1 saturated heterocycles. The quantitative estimate of drug-likeness (QED) is 0.780. The van der Waals surface area contributed by atoms with Gasteiger partial charge in [-0.15, -0.1) is 0 Å². The molecular weight excluding hydrogens is 338 g/mol. The maximum Gasteiger partial charge on any atom is 0.321 e. The van der Waals surface area contributed by atoms with E-state index in [9.17, 15) is 19.2 Å². The predicted molar refractivity (Wildman–Crippen MR) is 94.5 cm³/mol. The zero-order valence-electron chi connectivity index (χ0n) is 15.3. The normalized spacial score (nSPS) is 17.6. The average Bonchev–Trinajstić information content (AvgIpc) is 2.98. The average molecular weight is 361 g/mol. The molecule has 1 aromatic carbocycles. The van der Waals surface area contributed by atoms with E-state index in [0.29, 0.717) is 0 Å². The summed E-state index contributed by atoms with van der Waals surface area (Å²) in [4.78, 5) is 49.1. The molecule has 2 rings (SSSR count). The van der Waals surface area contributed by atoms with E-state index < -0.39 is 29.9 Å². The molecule has 0 aliphatic carbocycles. The van der Waals surface area contributed by atoms with Gasteiger partial charge in [-0.3, -0.25) is 19.7 Å². The van der Waals surface area contributed by atoms with Gasteiger partial charge in [0.1, 0.15) is 0 Å². The van der Waals surface area contributed by atoms with Crippen molar-refractivity contribution in [3.05, 3.63) is 29.3 Å². The highest BCUT2D eigenvalue weighted by molar-refractivity contribution is 6.01. The van der Waals surface area contributed by atoms with Crippen LogP contribution in [-0.4, -0.2) is 43.5 Å². The van der Waals surface area contributed by atoms with Crippen LogP contribution in [0.25, 0.3) is 0 Å². The molecule has 8 heteroatoms. The molecule has 1 aliphatic rings. The fraction of sp³-hybridized carbons (Fsp3) is 0.444. The lowest BCUT2D eigenvalue weighted by Gasteiger charge is -2.20. The summed E-state index contributed by atoms with van der Waals surface area (Å²) in [5, 5.41) is 4.27. The minimum absolute atomic E-state index is 0.0238. The number of aryl methyl sites for hydroxylation is 1. The molecule has 0 spiro atoms. The van der Waals surface area contributed by atoms with Gasteiger partial charge in [0.25, 0.3) is 5.91 Å². The first-order valence-electron chi connectivity index (χ1n) is 8.34. The van der Waals surface area contributed by atoms with Crippen molar-refractivity contribution < 1.29 is 23.9 Å². The summed E-state index contributed by atoms with van der Waals surface area (Å²) < 4.78 is 5.12. The molecule has 26 heavy (non-hydrogen) atoms. The number of urea groups is 1. The highest BCUT2D eigenvalue weighted by Gasteiger charge is 2.38. The lowest BCUT2D eigenvalue weighted by molar-refractivity contribution is -0.158. The van der Waals surface area contributed by atoms with Crippen LogP contribution in [0, 0.1) is 19.8 Å². The molecule has 8 nitrogen and oxygen atoms in total. The second kappa shape index (κ2) is 7.99. The topological polar surface area (TPSA) is 105 Å². The summed E-state index contributed by atoms with van der Waals surface area (Å²) in [5.74, 6) is -2.18. The van der Waals surface area contributed by atoms with Gasteiger partial charge in [-0.25, -0.2) is 4.79 Å². The summed E-state index contributed by atoms with van der Waals surface area (Å²) in [6.45, 7) is 5.45. The Morgan fingerprint density at radius 2 is 1.96 bits per heavy atom. The van der Waals surface area contributed by atoms with Crippen molar-refractivity contribution in [1.29, 1.82) is 0 Å². The number of amides is 4. The number of nitrogens with zero attached hydrogens (tertiary/aromatic N) is 1. The van der Waals surface area contributed by atoms with Crippen LogP contribution in [0.15, 0.2) is 18.2 Å². The number of carbonyl (C=O) groups excluding carboxylic acids is 4. The maximum atomic E-state index is 12.3. The van der Waals surface area contributed by atoms with E-state index in [1.165, 1.54) is 14.0 Å². The second-order valence-electron chi connectivity index (χ2n) is 6.27. The van der Waals surface area contributed by atoms with Crippen LogP contribution >= 0.6 is 0 Å². The van der Waals surface area contributed by atoms with Crippen LogP contribution in [-0.2, 0) is 19.1 Å². The maximum absolute atomic E-state index is 12.3. The summed E-state index contributed by atoms with van der Waals surface area (Å²) in [7, 11) is 1.37. The van der Waals surface area contributed by atoms with E-state index in [0.717, 1.165) is 16.8 Å². The van der Waals surface area contributed by atoms with Crippen molar-refractivity contribution in [3.8, 4) is 0 Å². The van der Waals surface area contributed by atoms with Crippen LogP contribution in [0.2, 0.25) is 0 Å². The first-order valence-corrected chi connectivity index (χ1v) is 8.34. The van der Waals surface area contributed by atoms with Crippen LogP contribution < -0.4 is 15.5 Å². The van der Waals surface area contributed by atoms with Gasteiger partial charge < -0.3 is 15.0 Å². The summed E-state index contributed by atoms with van der Waals surface area (Å²) in [6, 6.07) is 4.97. The summed E-state index contributed by atoms with van der Waals surface area (Å²) in [5.41, 5.74) is 2.81. The van der Waals surface area contributed by atoms with Gasteiger partial charge in [0.2, 0.25) is 5.91 Å². The van der Waals surface area contributed by atoms with Crippen molar-refractivity contribution in [1.82, 2.24) is 10.6 Å². The first-order chi connectivity index (χ1) is 12.2. The molecule has 2 atom stereocenters. The van der Waals surface area contributed by atoms with Gasteiger partial charge in [0.05, 0.1) is 5.92 Å². The molecule has 0 aromatic heterocycles. The SMILES string of the molecule is CNC(=O)NC(=O)[C@@H](C)OC(=O)[C@@H]1CC(=O)N(c2cccc(C)c2C)C1. The van der Waals surface area contributed by atoms with Crippen LogP contribution in [0.5, 0.6) is 0 Å². The van der Waals surface area contributed by atoms with Gasteiger partial charge >= 0.3 is 12.0 Å². The monoisotopic (exact) mass is 361 g/mol. The number of carbonyl (C=O) groups is 4. The highest BCUT2D eigenvalue weighted by atomic mass is 16.5. The van der Waals surface area contributed by atoms with Crippen LogP contribution in [0.4, 0.5) is 10.5 Å². The Morgan fingerprint density at radius 1 is 1.27 bits per heavy atom. The number of ether oxygens (including phenoxy) is 1. The molecule has 1 aliphatic heterocycles. The number of imide groups is 1. The largest absolute Gasteiger partial charge is 0.452 e. The number of esters is 1. The van der Waals surface area contributed by atoms with E-state index in [4.69, 9.17) is 4.74 Å². The van der Waals surface area contributed by atoms with Crippen LogP contribution in [0.3, 0.4) is 0 Å². The Morgan fingerprint density at radius 3 is 2.62 bits per heavy atom. The van der Waals surface area contributed by atoms with E-state index >= 15 is 0 Å². The highest BCUT2D eigenvalue weighted by Crippen LogP contribution is 2.30. The molecule has 0 radical (unpaired) electrons. The third kappa shape index (κ3) is 4.19. The number of nitrogens with one attached hydrogen (secondary N) is 2. The second-order valence-corrected chi connectivity index (χ2v) is 6.27. The molecule has 2 N–H and O–H groups in total. The van der Waals surface area contributed by atoms with Crippen molar-refractivity contribution in [3.63, 3.8) is 0 Å². The Kier molecular flexibility index (Phi) is 5.97. The van der Waals surface area contributed by atoms with Gasteiger partial charge in [0.15, 0.2) is 6.10 Å². The molecule has 0 unspecified atom stereocenters. The molecule has 4 amide bonds. The first kappa shape index (κ1) is 19.4. The van der Waals surface area contributed by atoms with Gasteiger partial charge in [-0.2, -0.15) is 0 Å². The molecule has 0 bridgehead atoms. The van der Waals surface area contributed by atoms with Crippen molar-refractivity contribution in [2.24, 2.45) is 5.92 Å². The smallest absolute Gasteiger partial charge is 0.321 e. The zero-order valence-corrected chi connectivity index (χ0v) is 15.3. The summed E-state index contributed by atoms with van der Waals surface area (Å²) in [6.07, 6.45) is -1.11. The number of anilines is 1. The third-order valence-electron chi connectivity index (χ3n) is 4.45. The number of hydrogen-bond donors (Lipinski definition) is 2. The fourth-order valence-electron chi connectivity index (χ4n) is 2.73. The van der Waals surface area contributed by atoms with E-state index in [1.54, 1.807) is 4.90 Å². The van der Waals surface area contributed by atoms with E-state index in [-0.39, 0.29) is 18.9 Å². The lowest BCUT2D eigenvalue weighted by atomic mass is 10.1. The Labute approximate surface area is 151 Å². The van der Waals surface area contributed by atoms with E-state index in [2.05, 4.69) is 5.32 Å². The molecule has 1 heterocycles. The Balaban J connectivity index is 2.01. The van der Waals surface area contributed by atoms with Crippen molar-refractivity contribution >= 4 is 29.5 Å². The van der Waals surface area contributed by atoms with Gasteiger partial charge in [0, 0.05) is 25.7 Å².